The van der Waals surface area contributed by atoms with E-state index in [9.17, 15) is 18.0 Å². The Balaban J connectivity index is 1.69. The lowest BCUT2D eigenvalue weighted by Gasteiger charge is -2.23. The Bertz CT molecular complexity index is 1510. The maximum absolute atomic E-state index is 13.7. The minimum atomic E-state index is -4.24. The molecule has 0 aromatic heterocycles. The first-order valence-corrected chi connectivity index (χ1v) is 13.3. The second-order valence-corrected chi connectivity index (χ2v) is 10.5. The summed E-state index contributed by atoms with van der Waals surface area (Å²) in [5.74, 6) is -1.00. The summed E-state index contributed by atoms with van der Waals surface area (Å²) >= 11 is 0. The summed E-state index contributed by atoms with van der Waals surface area (Å²) in [5.41, 5.74) is 3.69. The number of amides is 1. The molecule has 0 saturated heterocycles. The van der Waals surface area contributed by atoms with Crippen molar-refractivity contribution in [2.45, 2.75) is 32.1 Å². The number of benzene rings is 4. The number of sulfonamides is 1. The molecule has 4 aromatic carbocycles. The number of carbonyl (C=O) groups excluding carboxylic acids is 2. The van der Waals surface area contributed by atoms with E-state index in [1.54, 1.807) is 48.5 Å². The maximum atomic E-state index is 13.7. The van der Waals surface area contributed by atoms with Crippen LogP contribution in [0.2, 0.25) is 0 Å². The molecule has 6 nitrogen and oxygen atoms in total. The molecule has 0 spiro atoms. The van der Waals surface area contributed by atoms with E-state index >= 15 is 0 Å². The van der Waals surface area contributed by atoms with Gasteiger partial charge in [-0.25, -0.2) is 13.2 Å². The Hall–Kier alpha value is -4.23. The normalized spacial score (nSPS) is 11.1. The van der Waals surface area contributed by atoms with Gasteiger partial charge in [0.15, 0.2) is 0 Å². The summed E-state index contributed by atoms with van der Waals surface area (Å²) in [4.78, 5) is 26.0. The number of carbonyl (C=O) groups is 2. The predicted octanol–water partition coefficient (Wildman–Crippen LogP) is 6.12. The Labute approximate surface area is 217 Å². The first-order valence-electron chi connectivity index (χ1n) is 11.8. The number of hydrogen-bond acceptors (Lipinski definition) is 5. The molecule has 0 aliphatic rings. The van der Waals surface area contributed by atoms with E-state index in [-0.39, 0.29) is 21.9 Å². The van der Waals surface area contributed by atoms with Crippen molar-refractivity contribution >= 4 is 27.6 Å². The molecule has 0 aliphatic carbocycles. The topological polar surface area (TPSA) is 80.8 Å². The van der Waals surface area contributed by atoms with Crippen LogP contribution in [0.1, 0.15) is 44.3 Å². The van der Waals surface area contributed by atoms with Crippen molar-refractivity contribution in [1.29, 1.82) is 0 Å². The lowest BCUT2D eigenvalue weighted by Crippen LogP contribution is -2.37. The van der Waals surface area contributed by atoms with Crippen LogP contribution in [0.5, 0.6) is 5.75 Å². The molecule has 188 valence electrons. The summed E-state index contributed by atoms with van der Waals surface area (Å²) in [6.45, 7) is 5.78. The summed E-state index contributed by atoms with van der Waals surface area (Å²) in [7, 11) is -4.24. The van der Waals surface area contributed by atoms with Crippen molar-refractivity contribution < 1.29 is 22.7 Å². The highest BCUT2D eigenvalue weighted by Gasteiger charge is 2.32. The lowest BCUT2D eigenvalue weighted by molar-refractivity contribution is 0.0734. The first-order chi connectivity index (χ1) is 17.7. The molecule has 0 heterocycles. The van der Waals surface area contributed by atoms with Crippen molar-refractivity contribution in [2.75, 3.05) is 4.31 Å². The highest BCUT2D eigenvalue weighted by molar-refractivity contribution is 7.93. The molecule has 0 fully saturated rings. The highest BCUT2D eigenvalue weighted by Crippen LogP contribution is 2.28. The zero-order chi connectivity index (χ0) is 26.6. The lowest BCUT2D eigenvalue weighted by atomic mass is 10.1. The van der Waals surface area contributed by atoms with Crippen molar-refractivity contribution in [3.8, 4) is 5.75 Å². The summed E-state index contributed by atoms with van der Waals surface area (Å²) < 4.78 is 33.6. The van der Waals surface area contributed by atoms with Gasteiger partial charge in [-0.1, -0.05) is 54.4 Å². The quantitative estimate of drug-likeness (QED) is 0.220. The predicted molar refractivity (Wildman–Crippen MR) is 144 cm³/mol. The second-order valence-electron chi connectivity index (χ2n) is 8.69. The average Bonchev–Trinajstić information content (AvgIpc) is 2.90. The number of aryl methyl sites for hydroxylation is 3. The number of rotatable bonds is 7. The van der Waals surface area contributed by atoms with Gasteiger partial charge in [0.1, 0.15) is 5.75 Å². The molecule has 1 amide bonds. The van der Waals surface area contributed by atoms with E-state index in [1.165, 1.54) is 36.4 Å². The van der Waals surface area contributed by atoms with Gasteiger partial charge in [0.05, 0.1) is 16.1 Å². The van der Waals surface area contributed by atoms with Crippen LogP contribution in [0.15, 0.2) is 102 Å². The zero-order valence-electron chi connectivity index (χ0n) is 20.8. The number of esters is 1. The Kier molecular flexibility index (Phi) is 7.55. The van der Waals surface area contributed by atoms with Crippen LogP contribution >= 0.6 is 0 Å². The molecule has 0 aliphatic heterocycles. The molecule has 0 N–H and O–H groups in total. The van der Waals surface area contributed by atoms with Gasteiger partial charge in [0, 0.05) is 5.56 Å². The fourth-order valence-electron chi connectivity index (χ4n) is 3.69. The first kappa shape index (κ1) is 25.9. The summed E-state index contributed by atoms with van der Waals surface area (Å²) in [5, 5.41) is 0. The third-order valence-corrected chi connectivity index (χ3v) is 7.65. The smallest absolute Gasteiger partial charge is 0.343 e. The zero-order valence-corrected chi connectivity index (χ0v) is 21.7. The molecule has 0 bridgehead atoms. The van der Waals surface area contributed by atoms with E-state index in [0.717, 1.165) is 27.4 Å². The standard InChI is InChI=1S/C30H27NO5S/c1-4-23-9-19-28(20-10-23)37(34,35)31(29(32)24-11-5-21(2)6-12-24)26-15-17-27(18-16-26)36-30(33)25-13-7-22(3)8-14-25/h5-20H,4H2,1-3H3. The molecule has 0 radical (unpaired) electrons. The maximum Gasteiger partial charge on any atom is 0.343 e. The Morgan fingerprint density at radius 1 is 0.703 bits per heavy atom. The minimum Gasteiger partial charge on any atom is -0.423 e. The number of anilines is 1. The molecule has 0 saturated carbocycles. The molecule has 4 rings (SSSR count). The number of hydrogen-bond donors (Lipinski definition) is 0. The highest BCUT2D eigenvalue weighted by atomic mass is 32.2. The molecule has 7 heteroatoms. The van der Waals surface area contributed by atoms with Gasteiger partial charge in [-0.15, -0.1) is 0 Å². The van der Waals surface area contributed by atoms with Crippen LogP contribution in [0.25, 0.3) is 0 Å². The Morgan fingerprint density at radius 2 is 1.22 bits per heavy atom. The monoisotopic (exact) mass is 513 g/mol. The van der Waals surface area contributed by atoms with Gasteiger partial charge in [0.2, 0.25) is 0 Å². The largest absolute Gasteiger partial charge is 0.423 e. The molecule has 37 heavy (non-hydrogen) atoms. The van der Waals surface area contributed by atoms with Crippen molar-refractivity contribution in [2.24, 2.45) is 0 Å². The van der Waals surface area contributed by atoms with Crippen LogP contribution in [-0.2, 0) is 16.4 Å². The van der Waals surface area contributed by atoms with Crippen LogP contribution in [0.3, 0.4) is 0 Å². The van der Waals surface area contributed by atoms with E-state index in [0.29, 0.717) is 5.56 Å². The van der Waals surface area contributed by atoms with Crippen LogP contribution in [0, 0.1) is 13.8 Å². The van der Waals surface area contributed by atoms with Crippen LogP contribution < -0.4 is 9.04 Å². The van der Waals surface area contributed by atoms with Gasteiger partial charge in [-0.3, -0.25) is 4.79 Å². The fourth-order valence-corrected chi connectivity index (χ4v) is 5.10. The van der Waals surface area contributed by atoms with Crippen molar-refractivity contribution in [1.82, 2.24) is 0 Å². The van der Waals surface area contributed by atoms with Gasteiger partial charge in [-0.2, -0.15) is 4.31 Å². The van der Waals surface area contributed by atoms with E-state index < -0.39 is 21.9 Å². The molecular weight excluding hydrogens is 486 g/mol. The SMILES string of the molecule is CCc1ccc(S(=O)(=O)N(C(=O)c2ccc(C)cc2)c2ccc(OC(=O)c3ccc(C)cc3)cc2)cc1. The second kappa shape index (κ2) is 10.8. The molecule has 0 atom stereocenters. The van der Waals surface area contributed by atoms with Crippen LogP contribution in [0.4, 0.5) is 5.69 Å². The van der Waals surface area contributed by atoms with Gasteiger partial charge >= 0.3 is 5.97 Å². The van der Waals surface area contributed by atoms with Crippen LogP contribution in [-0.4, -0.2) is 20.3 Å². The van der Waals surface area contributed by atoms with Crippen molar-refractivity contribution in [3.63, 3.8) is 0 Å². The summed E-state index contributed by atoms with van der Waals surface area (Å²) in [6, 6.07) is 25.9. The number of nitrogens with zero attached hydrogens (tertiary/aromatic N) is 1. The minimum absolute atomic E-state index is 0.0000343. The van der Waals surface area contributed by atoms with Gasteiger partial charge < -0.3 is 4.74 Å². The third kappa shape index (κ3) is 5.78. The van der Waals surface area contributed by atoms with Gasteiger partial charge in [0.25, 0.3) is 15.9 Å². The Morgan fingerprint density at radius 3 is 1.73 bits per heavy atom. The average molecular weight is 514 g/mol. The number of ether oxygens (including phenoxy) is 1. The molecule has 0 unspecified atom stereocenters. The van der Waals surface area contributed by atoms with E-state index in [4.69, 9.17) is 4.74 Å². The van der Waals surface area contributed by atoms with E-state index in [2.05, 4.69) is 0 Å². The fraction of sp³-hybridized carbons (Fsp3) is 0.133. The summed E-state index contributed by atoms with van der Waals surface area (Å²) in [6.07, 6.45) is 0.759. The van der Waals surface area contributed by atoms with Crippen molar-refractivity contribution in [3.05, 3.63) is 125 Å². The van der Waals surface area contributed by atoms with E-state index in [1.807, 2.05) is 32.9 Å². The molecular formula is C30H27NO5S. The third-order valence-electron chi connectivity index (χ3n) is 5.92. The molecule has 4 aromatic rings. The van der Waals surface area contributed by atoms with Gasteiger partial charge in [-0.05, 0) is 86.5 Å².